The molecule has 1 heterocycles. The Bertz CT molecular complexity index is 451. The number of halogens is 4. The Labute approximate surface area is 110 Å². The Morgan fingerprint density at radius 3 is 2.28 bits per heavy atom. The molecular weight excluding hydrogens is 315 g/mol. The highest BCUT2D eigenvalue weighted by molar-refractivity contribution is 9.10. The van der Waals surface area contributed by atoms with Gasteiger partial charge in [-0.3, -0.25) is 0 Å². The monoisotopic (exact) mass is 325 g/mol. The molecule has 1 unspecified atom stereocenters. The number of alkyl halides is 3. The maximum absolute atomic E-state index is 12.6. The van der Waals surface area contributed by atoms with Crippen molar-refractivity contribution in [3.8, 4) is 11.5 Å². The van der Waals surface area contributed by atoms with Gasteiger partial charge in [0.2, 0.25) is 0 Å². The van der Waals surface area contributed by atoms with Crippen molar-refractivity contribution in [1.82, 2.24) is 0 Å². The van der Waals surface area contributed by atoms with Crippen LogP contribution in [0.4, 0.5) is 13.2 Å². The van der Waals surface area contributed by atoms with Crippen molar-refractivity contribution in [2.24, 2.45) is 5.73 Å². The van der Waals surface area contributed by atoms with Gasteiger partial charge in [0.05, 0.1) is 13.2 Å². The van der Waals surface area contributed by atoms with Crippen molar-refractivity contribution in [2.75, 3.05) is 13.2 Å². The van der Waals surface area contributed by atoms with Crippen molar-refractivity contribution < 1.29 is 22.6 Å². The Morgan fingerprint density at radius 2 is 1.72 bits per heavy atom. The standard InChI is InChI=1S/C11H11BrF3NO2/c12-7-5-9-8(17-2-1-3-18-9)4-6(7)10(16)11(13,14)15/h4-5,10H,1-3,16H2. The zero-order valence-electron chi connectivity index (χ0n) is 9.26. The normalized spacial score (nSPS) is 17.2. The van der Waals surface area contributed by atoms with Crippen molar-refractivity contribution >= 4 is 15.9 Å². The molecule has 0 bridgehead atoms. The predicted octanol–water partition coefficient (Wildman–Crippen LogP) is 3.17. The summed E-state index contributed by atoms with van der Waals surface area (Å²) >= 11 is 3.08. The molecule has 0 spiro atoms. The summed E-state index contributed by atoms with van der Waals surface area (Å²) in [6.07, 6.45) is -3.81. The fraction of sp³-hybridized carbons (Fsp3) is 0.455. The molecule has 1 aromatic carbocycles. The average Bonchev–Trinajstić information content (AvgIpc) is 2.50. The number of fused-ring (bicyclic) bond motifs is 1. The van der Waals surface area contributed by atoms with Crippen LogP contribution in [0.2, 0.25) is 0 Å². The largest absolute Gasteiger partial charge is 0.490 e. The SMILES string of the molecule is NC(c1cc2c(cc1Br)OCCCO2)C(F)(F)F. The average molecular weight is 326 g/mol. The van der Waals surface area contributed by atoms with Crippen LogP contribution in [-0.4, -0.2) is 19.4 Å². The Hall–Kier alpha value is -0.950. The molecule has 0 saturated carbocycles. The number of hydrogen-bond donors (Lipinski definition) is 1. The van der Waals surface area contributed by atoms with Gasteiger partial charge in [0.15, 0.2) is 11.5 Å². The topological polar surface area (TPSA) is 44.5 Å². The number of benzene rings is 1. The fourth-order valence-electron chi connectivity index (χ4n) is 1.61. The molecule has 18 heavy (non-hydrogen) atoms. The van der Waals surface area contributed by atoms with Gasteiger partial charge in [-0.2, -0.15) is 13.2 Å². The lowest BCUT2D eigenvalue weighted by Gasteiger charge is -2.19. The second-order valence-corrected chi connectivity index (χ2v) is 4.74. The number of ether oxygens (including phenoxy) is 2. The lowest BCUT2D eigenvalue weighted by atomic mass is 10.1. The first-order valence-electron chi connectivity index (χ1n) is 5.31. The van der Waals surface area contributed by atoms with Gasteiger partial charge in [-0.1, -0.05) is 15.9 Å². The van der Waals surface area contributed by atoms with Crippen LogP contribution in [0.3, 0.4) is 0 Å². The molecule has 1 aromatic rings. The van der Waals surface area contributed by atoms with Gasteiger partial charge in [0.1, 0.15) is 6.04 Å². The van der Waals surface area contributed by atoms with E-state index in [0.717, 1.165) is 0 Å². The first-order valence-corrected chi connectivity index (χ1v) is 6.10. The third kappa shape index (κ3) is 2.72. The lowest BCUT2D eigenvalue weighted by molar-refractivity contribution is -0.149. The van der Waals surface area contributed by atoms with E-state index in [9.17, 15) is 13.2 Å². The maximum Gasteiger partial charge on any atom is 0.407 e. The van der Waals surface area contributed by atoms with E-state index in [1.165, 1.54) is 12.1 Å². The highest BCUT2D eigenvalue weighted by Crippen LogP contribution is 2.41. The summed E-state index contributed by atoms with van der Waals surface area (Å²) in [5.74, 6) is 0.725. The first-order chi connectivity index (χ1) is 8.39. The molecule has 2 N–H and O–H groups in total. The van der Waals surface area contributed by atoms with Crippen LogP contribution >= 0.6 is 15.9 Å². The van der Waals surface area contributed by atoms with Crippen molar-refractivity contribution in [2.45, 2.75) is 18.6 Å². The van der Waals surface area contributed by atoms with Crippen LogP contribution in [0.1, 0.15) is 18.0 Å². The van der Waals surface area contributed by atoms with Crippen molar-refractivity contribution in [1.29, 1.82) is 0 Å². The Balaban J connectivity index is 2.41. The molecular formula is C11H11BrF3NO2. The van der Waals surface area contributed by atoms with E-state index in [2.05, 4.69) is 15.9 Å². The Morgan fingerprint density at radius 1 is 1.17 bits per heavy atom. The number of rotatable bonds is 1. The van der Waals surface area contributed by atoms with Crippen LogP contribution in [0.15, 0.2) is 16.6 Å². The van der Waals surface area contributed by atoms with Crippen molar-refractivity contribution in [3.05, 3.63) is 22.2 Å². The smallest absolute Gasteiger partial charge is 0.407 e. The molecule has 0 saturated heterocycles. The summed E-state index contributed by atoms with van der Waals surface area (Å²) in [4.78, 5) is 0. The summed E-state index contributed by atoms with van der Waals surface area (Å²) < 4.78 is 48.8. The van der Waals surface area contributed by atoms with Crippen LogP contribution < -0.4 is 15.2 Å². The summed E-state index contributed by atoms with van der Waals surface area (Å²) in [6, 6.07) is 0.689. The highest BCUT2D eigenvalue weighted by Gasteiger charge is 2.39. The van der Waals surface area contributed by atoms with Gasteiger partial charge in [-0.25, -0.2) is 0 Å². The minimum Gasteiger partial charge on any atom is -0.490 e. The zero-order valence-corrected chi connectivity index (χ0v) is 10.8. The van der Waals surface area contributed by atoms with Gasteiger partial charge in [0.25, 0.3) is 0 Å². The first kappa shape index (κ1) is 13.5. The zero-order chi connectivity index (χ0) is 13.3. The molecule has 3 nitrogen and oxygen atoms in total. The maximum atomic E-state index is 12.6. The van der Waals surface area contributed by atoms with Gasteiger partial charge in [-0.05, 0) is 17.7 Å². The quantitative estimate of drug-likeness (QED) is 0.862. The molecule has 0 amide bonds. The van der Waals surface area contributed by atoms with Crippen molar-refractivity contribution in [3.63, 3.8) is 0 Å². The number of nitrogens with two attached hydrogens (primary N) is 1. The summed E-state index contributed by atoms with van der Waals surface area (Å²) in [7, 11) is 0. The molecule has 1 aliphatic rings. The molecule has 0 fully saturated rings. The van der Waals surface area contributed by atoms with Gasteiger partial charge < -0.3 is 15.2 Å². The van der Waals surface area contributed by atoms with Gasteiger partial charge in [0, 0.05) is 10.9 Å². The lowest BCUT2D eigenvalue weighted by Crippen LogP contribution is -2.28. The highest BCUT2D eigenvalue weighted by atomic mass is 79.9. The van der Waals surface area contributed by atoms with E-state index in [4.69, 9.17) is 15.2 Å². The summed E-state index contributed by atoms with van der Waals surface area (Å²) in [5, 5.41) is 0. The third-order valence-electron chi connectivity index (χ3n) is 2.55. The molecule has 0 aromatic heterocycles. The van der Waals surface area contributed by atoms with Gasteiger partial charge >= 0.3 is 6.18 Å². The summed E-state index contributed by atoms with van der Waals surface area (Å²) in [6.45, 7) is 0.888. The van der Waals surface area contributed by atoms with E-state index < -0.39 is 12.2 Å². The molecule has 2 rings (SSSR count). The van der Waals surface area contributed by atoms with E-state index in [-0.39, 0.29) is 10.0 Å². The third-order valence-corrected chi connectivity index (χ3v) is 3.24. The number of hydrogen-bond acceptors (Lipinski definition) is 3. The molecule has 7 heteroatoms. The minimum atomic E-state index is -4.50. The van der Waals surface area contributed by atoms with Crippen LogP contribution in [-0.2, 0) is 0 Å². The molecule has 1 atom stereocenters. The summed E-state index contributed by atoms with van der Waals surface area (Å²) in [5.41, 5.74) is 5.13. The van der Waals surface area contributed by atoms with E-state index in [1.807, 2.05) is 0 Å². The second kappa shape index (κ2) is 4.97. The minimum absolute atomic E-state index is 0.0632. The molecule has 0 aliphatic carbocycles. The van der Waals surface area contributed by atoms with Crippen LogP contribution in [0.5, 0.6) is 11.5 Å². The van der Waals surface area contributed by atoms with Gasteiger partial charge in [-0.15, -0.1) is 0 Å². The molecule has 0 radical (unpaired) electrons. The second-order valence-electron chi connectivity index (χ2n) is 3.89. The van der Waals surface area contributed by atoms with E-state index >= 15 is 0 Å². The molecule has 1 aliphatic heterocycles. The van der Waals surface area contributed by atoms with Crippen LogP contribution in [0, 0.1) is 0 Å². The molecule has 100 valence electrons. The van der Waals surface area contributed by atoms with E-state index in [1.54, 1.807) is 0 Å². The predicted molar refractivity (Wildman–Crippen MR) is 62.7 cm³/mol. The fourth-order valence-corrected chi connectivity index (χ4v) is 2.18. The van der Waals surface area contributed by atoms with Crippen LogP contribution in [0.25, 0.3) is 0 Å². The Kier molecular flexibility index (Phi) is 3.72. The van der Waals surface area contributed by atoms with E-state index in [0.29, 0.717) is 31.1 Å².